The van der Waals surface area contributed by atoms with Gasteiger partial charge in [0, 0.05) is 12.6 Å². The number of ether oxygens (including phenoxy) is 1. The molecule has 0 saturated heterocycles. The Kier molecular flexibility index (Phi) is 3.96. The highest BCUT2D eigenvalue weighted by molar-refractivity contribution is 7.16. The number of nitrogens with one attached hydrogen (secondary N) is 1. The summed E-state index contributed by atoms with van der Waals surface area (Å²) in [5.74, 6) is 1.53. The van der Waals surface area contributed by atoms with Crippen molar-refractivity contribution in [1.29, 1.82) is 0 Å². The number of rotatable bonds is 5. The van der Waals surface area contributed by atoms with Crippen molar-refractivity contribution in [3.05, 3.63) is 47.4 Å². The molecule has 1 aromatic carbocycles. The summed E-state index contributed by atoms with van der Waals surface area (Å²) in [6, 6.07) is 8.03. The van der Waals surface area contributed by atoms with E-state index in [2.05, 4.69) is 15.3 Å². The van der Waals surface area contributed by atoms with Gasteiger partial charge in [0.25, 0.3) is 0 Å². The van der Waals surface area contributed by atoms with E-state index in [0.717, 1.165) is 22.6 Å². The maximum absolute atomic E-state index is 13.1. The second kappa shape index (κ2) is 6.05. The fourth-order valence-electron chi connectivity index (χ4n) is 1.97. The van der Waals surface area contributed by atoms with Crippen LogP contribution in [0.1, 0.15) is 12.7 Å². The van der Waals surface area contributed by atoms with Crippen molar-refractivity contribution < 1.29 is 9.13 Å². The molecule has 0 spiro atoms. The lowest BCUT2D eigenvalue weighted by Gasteiger charge is -2.08. The molecule has 0 saturated carbocycles. The maximum Gasteiger partial charge on any atom is 0.169 e. The summed E-state index contributed by atoms with van der Waals surface area (Å²) in [5.41, 5.74) is 0. The minimum Gasteiger partial charge on any atom is -0.486 e. The Bertz CT molecular complexity index is 760. The maximum atomic E-state index is 13.1. The topological polar surface area (TPSA) is 47.0 Å². The standard InChI is InChI=1S/C15H14FN3OS/c1-2-17-14-12-6-7-21-15(12)19-13(18-14)9-20-11-5-3-4-10(16)8-11/h3-8H,2,9H2,1H3,(H,17,18,19). The highest BCUT2D eigenvalue weighted by Crippen LogP contribution is 2.25. The Balaban J connectivity index is 1.83. The molecule has 0 fully saturated rings. The van der Waals surface area contributed by atoms with Gasteiger partial charge in [0.1, 0.15) is 28.8 Å². The molecule has 2 heterocycles. The van der Waals surface area contributed by atoms with Crippen molar-refractivity contribution in [1.82, 2.24) is 9.97 Å². The minimum atomic E-state index is -0.324. The number of anilines is 1. The van der Waals surface area contributed by atoms with E-state index < -0.39 is 0 Å². The van der Waals surface area contributed by atoms with E-state index in [0.29, 0.717) is 11.6 Å². The predicted molar refractivity (Wildman–Crippen MR) is 82.3 cm³/mol. The van der Waals surface area contributed by atoms with E-state index in [9.17, 15) is 4.39 Å². The van der Waals surface area contributed by atoms with Crippen molar-refractivity contribution in [2.24, 2.45) is 0 Å². The van der Waals surface area contributed by atoms with Crippen LogP contribution in [0.4, 0.5) is 10.2 Å². The zero-order chi connectivity index (χ0) is 14.7. The summed E-state index contributed by atoms with van der Waals surface area (Å²) < 4.78 is 18.6. The number of thiophene rings is 1. The lowest BCUT2D eigenvalue weighted by Crippen LogP contribution is -2.06. The zero-order valence-corrected chi connectivity index (χ0v) is 12.3. The van der Waals surface area contributed by atoms with Gasteiger partial charge in [-0.2, -0.15) is 0 Å². The van der Waals surface area contributed by atoms with Gasteiger partial charge in [0.15, 0.2) is 5.82 Å². The molecule has 0 amide bonds. The number of fused-ring (bicyclic) bond motifs is 1. The van der Waals surface area contributed by atoms with Crippen molar-refractivity contribution in [3.8, 4) is 5.75 Å². The quantitative estimate of drug-likeness (QED) is 0.778. The highest BCUT2D eigenvalue weighted by atomic mass is 32.1. The summed E-state index contributed by atoms with van der Waals surface area (Å²) >= 11 is 1.56. The Morgan fingerprint density at radius 1 is 1.29 bits per heavy atom. The van der Waals surface area contributed by atoms with Crippen LogP contribution < -0.4 is 10.1 Å². The van der Waals surface area contributed by atoms with Crippen LogP contribution in [0.3, 0.4) is 0 Å². The van der Waals surface area contributed by atoms with Gasteiger partial charge in [-0.1, -0.05) is 6.07 Å². The monoisotopic (exact) mass is 303 g/mol. The first-order valence-corrected chi connectivity index (χ1v) is 7.50. The van der Waals surface area contributed by atoms with Gasteiger partial charge in [0.05, 0.1) is 5.39 Å². The number of aromatic nitrogens is 2. The van der Waals surface area contributed by atoms with E-state index >= 15 is 0 Å². The number of benzene rings is 1. The third-order valence-electron chi connectivity index (χ3n) is 2.88. The summed E-state index contributed by atoms with van der Waals surface area (Å²) in [4.78, 5) is 9.85. The fraction of sp³-hybridized carbons (Fsp3) is 0.200. The second-order valence-electron chi connectivity index (χ2n) is 4.40. The van der Waals surface area contributed by atoms with Crippen LogP contribution >= 0.6 is 11.3 Å². The van der Waals surface area contributed by atoms with Crippen LogP contribution in [0.2, 0.25) is 0 Å². The zero-order valence-electron chi connectivity index (χ0n) is 11.5. The molecular weight excluding hydrogens is 289 g/mol. The average molecular weight is 303 g/mol. The molecule has 0 bridgehead atoms. The first-order chi connectivity index (χ1) is 10.3. The van der Waals surface area contributed by atoms with Gasteiger partial charge in [-0.05, 0) is 30.5 Å². The Morgan fingerprint density at radius 2 is 2.19 bits per heavy atom. The van der Waals surface area contributed by atoms with Crippen LogP contribution in [0, 0.1) is 5.82 Å². The summed E-state index contributed by atoms with van der Waals surface area (Å²) in [6.45, 7) is 3.01. The van der Waals surface area contributed by atoms with Gasteiger partial charge in [-0.25, -0.2) is 14.4 Å². The van der Waals surface area contributed by atoms with E-state index in [4.69, 9.17) is 4.74 Å². The summed E-state index contributed by atoms with van der Waals surface area (Å²) in [5, 5.41) is 6.22. The van der Waals surface area contributed by atoms with Crippen LogP contribution in [0.5, 0.6) is 5.75 Å². The lowest BCUT2D eigenvalue weighted by atomic mass is 10.3. The number of hydrogen-bond acceptors (Lipinski definition) is 5. The van der Waals surface area contributed by atoms with Gasteiger partial charge in [0.2, 0.25) is 0 Å². The molecule has 0 unspecified atom stereocenters. The summed E-state index contributed by atoms with van der Waals surface area (Å²) in [6.07, 6.45) is 0. The predicted octanol–water partition coefficient (Wildman–Crippen LogP) is 3.84. The third kappa shape index (κ3) is 3.11. The number of nitrogens with zero attached hydrogens (tertiary/aromatic N) is 2. The molecule has 3 aromatic rings. The molecular formula is C15H14FN3OS. The highest BCUT2D eigenvalue weighted by Gasteiger charge is 2.09. The molecule has 1 N–H and O–H groups in total. The van der Waals surface area contributed by atoms with Crippen LogP contribution in [0.25, 0.3) is 10.2 Å². The molecule has 0 aliphatic carbocycles. The van der Waals surface area contributed by atoms with Gasteiger partial charge >= 0.3 is 0 Å². The van der Waals surface area contributed by atoms with Gasteiger partial charge < -0.3 is 10.1 Å². The Morgan fingerprint density at radius 3 is 3.00 bits per heavy atom. The smallest absolute Gasteiger partial charge is 0.169 e. The molecule has 4 nitrogen and oxygen atoms in total. The third-order valence-corrected chi connectivity index (χ3v) is 3.69. The van der Waals surface area contributed by atoms with E-state index in [-0.39, 0.29) is 12.4 Å². The van der Waals surface area contributed by atoms with Gasteiger partial charge in [-0.15, -0.1) is 11.3 Å². The Hall–Kier alpha value is -2.21. The number of halogens is 1. The molecule has 0 aliphatic rings. The van der Waals surface area contributed by atoms with E-state index in [1.54, 1.807) is 23.5 Å². The average Bonchev–Trinajstić information content (AvgIpc) is 2.94. The van der Waals surface area contributed by atoms with Crippen molar-refractivity contribution >= 4 is 27.4 Å². The first kappa shape index (κ1) is 13.8. The van der Waals surface area contributed by atoms with Gasteiger partial charge in [-0.3, -0.25) is 0 Å². The fourth-order valence-corrected chi connectivity index (χ4v) is 2.75. The van der Waals surface area contributed by atoms with Crippen molar-refractivity contribution in [2.75, 3.05) is 11.9 Å². The normalized spacial score (nSPS) is 10.8. The molecule has 0 radical (unpaired) electrons. The van der Waals surface area contributed by atoms with Crippen molar-refractivity contribution in [2.45, 2.75) is 13.5 Å². The van der Waals surface area contributed by atoms with Crippen LogP contribution in [-0.2, 0) is 6.61 Å². The molecule has 0 atom stereocenters. The Labute approximate surface area is 125 Å². The van der Waals surface area contributed by atoms with E-state index in [1.165, 1.54) is 12.1 Å². The van der Waals surface area contributed by atoms with Crippen molar-refractivity contribution in [3.63, 3.8) is 0 Å². The SMILES string of the molecule is CCNc1nc(COc2cccc(F)c2)nc2sccc12. The molecule has 6 heteroatoms. The second-order valence-corrected chi connectivity index (χ2v) is 5.30. The number of hydrogen-bond donors (Lipinski definition) is 1. The van der Waals surface area contributed by atoms with E-state index in [1.807, 2.05) is 18.4 Å². The minimum absolute atomic E-state index is 0.204. The molecule has 2 aromatic heterocycles. The molecule has 0 aliphatic heterocycles. The molecule has 108 valence electrons. The molecule has 3 rings (SSSR count). The molecule has 21 heavy (non-hydrogen) atoms. The summed E-state index contributed by atoms with van der Waals surface area (Å²) in [7, 11) is 0. The van der Waals surface area contributed by atoms with Crippen LogP contribution in [-0.4, -0.2) is 16.5 Å². The van der Waals surface area contributed by atoms with Crippen LogP contribution in [0.15, 0.2) is 35.7 Å². The largest absolute Gasteiger partial charge is 0.486 e. The first-order valence-electron chi connectivity index (χ1n) is 6.62. The lowest BCUT2D eigenvalue weighted by molar-refractivity contribution is 0.295.